The van der Waals surface area contributed by atoms with Gasteiger partial charge in [0.2, 0.25) is 9.84 Å². The molecule has 0 aromatic heterocycles. The zero-order chi connectivity index (χ0) is 17.2. The zero-order valence-corrected chi connectivity index (χ0v) is 14.5. The predicted molar refractivity (Wildman–Crippen MR) is 89.0 cm³/mol. The first-order chi connectivity index (χ1) is 10.8. The number of sulfone groups is 1. The van der Waals surface area contributed by atoms with Crippen molar-refractivity contribution in [1.29, 1.82) is 0 Å². The van der Waals surface area contributed by atoms with Gasteiger partial charge in [0, 0.05) is 12.0 Å². The third-order valence-electron chi connectivity index (χ3n) is 3.74. The standard InChI is InChI=1S/C18H20O4S/c1-5-17(19)14-10-12(2)18(13(3)11-14)23(20,21)16-8-6-15(22-4)7-9-16/h6-11H,5H2,1-4H3. The van der Waals surface area contributed by atoms with Gasteiger partial charge < -0.3 is 4.74 Å². The van der Waals surface area contributed by atoms with Gasteiger partial charge in [-0.15, -0.1) is 0 Å². The van der Waals surface area contributed by atoms with Crippen LogP contribution in [-0.4, -0.2) is 21.3 Å². The summed E-state index contributed by atoms with van der Waals surface area (Å²) in [6.07, 6.45) is 0.392. The van der Waals surface area contributed by atoms with Crippen LogP contribution < -0.4 is 4.74 Å². The molecule has 0 amide bonds. The predicted octanol–water partition coefficient (Wildman–Crippen LogP) is 3.74. The Kier molecular flexibility index (Phi) is 4.90. The molecule has 0 radical (unpaired) electrons. The fourth-order valence-electron chi connectivity index (χ4n) is 2.61. The average Bonchev–Trinajstić information content (AvgIpc) is 2.53. The van der Waals surface area contributed by atoms with E-state index in [0.717, 1.165) is 0 Å². The van der Waals surface area contributed by atoms with Gasteiger partial charge in [-0.1, -0.05) is 6.92 Å². The van der Waals surface area contributed by atoms with Gasteiger partial charge in [-0.25, -0.2) is 8.42 Å². The second-order valence-corrected chi connectivity index (χ2v) is 7.28. The number of hydrogen-bond acceptors (Lipinski definition) is 4. The number of methoxy groups -OCH3 is 1. The Morgan fingerprint density at radius 2 is 1.57 bits per heavy atom. The lowest BCUT2D eigenvalue weighted by Crippen LogP contribution is -2.09. The van der Waals surface area contributed by atoms with E-state index in [1.54, 1.807) is 45.0 Å². The summed E-state index contributed by atoms with van der Waals surface area (Å²) in [6.45, 7) is 5.22. The van der Waals surface area contributed by atoms with Gasteiger partial charge in [0.15, 0.2) is 5.78 Å². The molecule has 0 unspecified atom stereocenters. The van der Waals surface area contributed by atoms with Crippen LogP contribution in [0.3, 0.4) is 0 Å². The molecule has 0 aliphatic carbocycles. The van der Waals surface area contributed by atoms with Crippen molar-refractivity contribution < 1.29 is 17.9 Å². The number of Topliss-reactive ketones (excluding diaryl/α,β-unsaturated/α-hetero) is 1. The van der Waals surface area contributed by atoms with E-state index in [0.29, 0.717) is 28.9 Å². The van der Waals surface area contributed by atoms with E-state index in [9.17, 15) is 13.2 Å². The lowest BCUT2D eigenvalue weighted by atomic mass is 10.0. The molecule has 2 aromatic carbocycles. The second-order valence-electron chi connectivity index (χ2n) is 5.39. The normalized spacial score (nSPS) is 11.3. The maximum atomic E-state index is 12.9. The van der Waals surface area contributed by atoms with Crippen LogP contribution >= 0.6 is 0 Å². The molecule has 2 rings (SSSR count). The van der Waals surface area contributed by atoms with Crippen LogP contribution in [0.5, 0.6) is 5.75 Å². The number of ether oxygens (including phenoxy) is 1. The maximum Gasteiger partial charge on any atom is 0.207 e. The Hall–Kier alpha value is -2.14. The van der Waals surface area contributed by atoms with E-state index >= 15 is 0 Å². The first-order valence-electron chi connectivity index (χ1n) is 7.34. The molecule has 122 valence electrons. The largest absolute Gasteiger partial charge is 0.497 e. The molecule has 0 heterocycles. The molecule has 0 saturated carbocycles. The third kappa shape index (κ3) is 3.29. The van der Waals surface area contributed by atoms with E-state index in [4.69, 9.17) is 4.74 Å². The number of rotatable bonds is 5. The van der Waals surface area contributed by atoms with Crippen LogP contribution in [0.25, 0.3) is 0 Å². The van der Waals surface area contributed by atoms with Crippen molar-refractivity contribution in [1.82, 2.24) is 0 Å². The van der Waals surface area contributed by atoms with Crippen LogP contribution in [-0.2, 0) is 9.84 Å². The number of aryl methyl sites for hydroxylation is 2. The van der Waals surface area contributed by atoms with Gasteiger partial charge in [0.1, 0.15) is 5.75 Å². The molecule has 0 spiro atoms. The fourth-order valence-corrected chi connectivity index (χ4v) is 4.31. The van der Waals surface area contributed by atoms with Crippen molar-refractivity contribution in [2.24, 2.45) is 0 Å². The Bertz CT molecular complexity index is 811. The molecule has 4 nitrogen and oxygen atoms in total. The topological polar surface area (TPSA) is 60.4 Å². The van der Waals surface area contributed by atoms with Crippen molar-refractivity contribution in [3.63, 3.8) is 0 Å². The second kappa shape index (κ2) is 6.54. The van der Waals surface area contributed by atoms with Gasteiger partial charge in [0.05, 0.1) is 16.9 Å². The molecule has 0 N–H and O–H groups in total. The van der Waals surface area contributed by atoms with E-state index in [-0.39, 0.29) is 15.6 Å². The molecule has 0 bridgehead atoms. The molecule has 0 aliphatic rings. The monoisotopic (exact) mass is 332 g/mol. The molecule has 0 saturated heterocycles. The highest BCUT2D eigenvalue weighted by atomic mass is 32.2. The van der Waals surface area contributed by atoms with Gasteiger partial charge in [-0.05, 0) is 61.4 Å². The Balaban J connectivity index is 2.57. The summed E-state index contributed by atoms with van der Waals surface area (Å²) in [4.78, 5) is 12.3. The summed E-state index contributed by atoms with van der Waals surface area (Å²) in [5, 5.41) is 0. The summed E-state index contributed by atoms with van der Waals surface area (Å²) in [5.74, 6) is 0.603. The van der Waals surface area contributed by atoms with Crippen LogP contribution in [0.4, 0.5) is 0 Å². The summed E-state index contributed by atoms with van der Waals surface area (Å²) in [7, 11) is -2.11. The maximum absolute atomic E-state index is 12.9. The lowest BCUT2D eigenvalue weighted by molar-refractivity contribution is 0.0988. The van der Waals surface area contributed by atoms with Crippen LogP contribution in [0, 0.1) is 13.8 Å². The minimum Gasteiger partial charge on any atom is -0.497 e. The number of ketones is 1. The molecule has 2 aromatic rings. The summed E-state index contributed by atoms with van der Waals surface area (Å²) < 4.78 is 30.9. The molecule has 5 heteroatoms. The Morgan fingerprint density at radius 1 is 1.04 bits per heavy atom. The van der Waals surface area contributed by atoms with Crippen molar-refractivity contribution in [3.8, 4) is 5.75 Å². The van der Waals surface area contributed by atoms with Crippen LogP contribution in [0.15, 0.2) is 46.2 Å². The first kappa shape index (κ1) is 17.2. The van der Waals surface area contributed by atoms with Crippen molar-refractivity contribution in [2.75, 3.05) is 7.11 Å². The first-order valence-corrected chi connectivity index (χ1v) is 8.83. The lowest BCUT2D eigenvalue weighted by Gasteiger charge is -2.13. The fraction of sp³-hybridized carbons (Fsp3) is 0.278. The van der Waals surface area contributed by atoms with Crippen LogP contribution in [0.1, 0.15) is 34.8 Å². The van der Waals surface area contributed by atoms with E-state index in [2.05, 4.69) is 0 Å². The number of benzene rings is 2. The molecule has 0 fully saturated rings. The van der Waals surface area contributed by atoms with Gasteiger partial charge in [0.25, 0.3) is 0 Å². The summed E-state index contributed by atoms with van der Waals surface area (Å²) >= 11 is 0. The van der Waals surface area contributed by atoms with Crippen LogP contribution in [0.2, 0.25) is 0 Å². The minimum atomic E-state index is -3.64. The molecule has 0 aliphatic heterocycles. The highest BCUT2D eigenvalue weighted by Crippen LogP contribution is 2.29. The van der Waals surface area contributed by atoms with E-state index in [1.165, 1.54) is 19.2 Å². The molecule has 0 atom stereocenters. The Morgan fingerprint density at radius 3 is 2.00 bits per heavy atom. The zero-order valence-electron chi connectivity index (χ0n) is 13.7. The smallest absolute Gasteiger partial charge is 0.207 e. The number of hydrogen-bond donors (Lipinski definition) is 0. The Labute approximate surface area is 137 Å². The number of carbonyl (C=O) groups is 1. The van der Waals surface area contributed by atoms with Gasteiger partial charge in [-0.2, -0.15) is 0 Å². The molecular formula is C18H20O4S. The van der Waals surface area contributed by atoms with E-state index in [1.807, 2.05) is 0 Å². The summed E-state index contributed by atoms with van der Waals surface area (Å²) in [5.41, 5.74) is 1.71. The quantitative estimate of drug-likeness (QED) is 0.783. The van der Waals surface area contributed by atoms with Gasteiger partial charge >= 0.3 is 0 Å². The highest BCUT2D eigenvalue weighted by Gasteiger charge is 2.23. The van der Waals surface area contributed by atoms with Crippen molar-refractivity contribution in [3.05, 3.63) is 53.1 Å². The highest BCUT2D eigenvalue weighted by molar-refractivity contribution is 7.91. The van der Waals surface area contributed by atoms with Crippen molar-refractivity contribution in [2.45, 2.75) is 37.0 Å². The third-order valence-corrected chi connectivity index (χ3v) is 5.82. The van der Waals surface area contributed by atoms with Crippen molar-refractivity contribution >= 4 is 15.6 Å². The average molecular weight is 332 g/mol. The SMILES string of the molecule is CCC(=O)c1cc(C)c(S(=O)(=O)c2ccc(OC)cc2)c(C)c1. The molecular weight excluding hydrogens is 312 g/mol. The summed E-state index contributed by atoms with van der Waals surface area (Å²) in [6, 6.07) is 9.58. The van der Waals surface area contributed by atoms with E-state index < -0.39 is 9.84 Å². The van der Waals surface area contributed by atoms with Gasteiger partial charge in [-0.3, -0.25) is 4.79 Å². The molecule has 23 heavy (non-hydrogen) atoms. The minimum absolute atomic E-state index is 0.00426. The number of carbonyl (C=O) groups excluding carboxylic acids is 1.